The Bertz CT molecular complexity index is 928. The van der Waals surface area contributed by atoms with E-state index < -0.39 is 0 Å². The lowest BCUT2D eigenvalue weighted by atomic mass is 10.1. The van der Waals surface area contributed by atoms with Crippen molar-refractivity contribution < 1.29 is 0 Å². The van der Waals surface area contributed by atoms with Crippen LogP contribution in [0.1, 0.15) is 35.5 Å². The molecule has 0 spiro atoms. The lowest BCUT2D eigenvalue weighted by Gasteiger charge is -2.15. The average molecular weight is 363 g/mol. The highest BCUT2D eigenvalue weighted by Crippen LogP contribution is 2.19. The highest BCUT2D eigenvalue weighted by atomic mass is 35.5. The molecule has 0 aliphatic carbocycles. The third-order valence-electron chi connectivity index (χ3n) is 4.14. The highest BCUT2D eigenvalue weighted by Gasteiger charge is 2.08. The van der Waals surface area contributed by atoms with Crippen molar-refractivity contribution >= 4 is 11.6 Å². The van der Waals surface area contributed by atoms with E-state index in [-0.39, 0.29) is 6.04 Å². The predicted octanol–water partition coefficient (Wildman–Crippen LogP) is 4.83. The van der Waals surface area contributed by atoms with Gasteiger partial charge in [0.25, 0.3) is 0 Å². The number of hydrogen-bond acceptors (Lipinski definition) is 4. The number of aryl methyl sites for hydroxylation is 1. The normalized spacial score (nSPS) is 11.8. The standard InChI is InChI=1S/C21H19ClN4/c1-14-11-20(26-21(25-14)18-7-9-19(22)10-8-18)13-24-15(2)17-5-3-16(12-23)4-6-17/h3-11,15,24H,13H2,1-2H3. The number of halogens is 1. The fourth-order valence-corrected chi connectivity index (χ4v) is 2.80. The Morgan fingerprint density at radius 1 is 1.08 bits per heavy atom. The van der Waals surface area contributed by atoms with Crippen LogP contribution in [0.3, 0.4) is 0 Å². The number of rotatable bonds is 5. The molecule has 5 heteroatoms. The zero-order valence-corrected chi connectivity index (χ0v) is 15.5. The Morgan fingerprint density at radius 3 is 2.42 bits per heavy atom. The third-order valence-corrected chi connectivity index (χ3v) is 4.39. The van der Waals surface area contributed by atoms with Crippen LogP contribution >= 0.6 is 11.6 Å². The quantitative estimate of drug-likeness (QED) is 0.706. The summed E-state index contributed by atoms with van der Waals surface area (Å²) in [6, 6.07) is 19.4. The Hall–Kier alpha value is -2.74. The second-order valence-corrected chi connectivity index (χ2v) is 6.60. The highest BCUT2D eigenvalue weighted by molar-refractivity contribution is 6.30. The molecule has 3 aromatic rings. The molecule has 0 amide bonds. The van der Waals surface area contributed by atoms with Crippen LogP contribution in [-0.4, -0.2) is 9.97 Å². The van der Waals surface area contributed by atoms with E-state index in [1.54, 1.807) is 0 Å². The van der Waals surface area contributed by atoms with Crippen LogP contribution in [0.25, 0.3) is 11.4 Å². The van der Waals surface area contributed by atoms with Crippen molar-refractivity contribution in [3.8, 4) is 17.5 Å². The summed E-state index contributed by atoms with van der Waals surface area (Å²) in [6.45, 7) is 4.69. The summed E-state index contributed by atoms with van der Waals surface area (Å²) < 4.78 is 0. The van der Waals surface area contributed by atoms with Crippen LogP contribution < -0.4 is 5.32 Å². The van der Waals surface area contributed by atoms with Crippen molar-refractivity contribution in [3.05, 3.63) is 82.1 Å². The minimum Gasteiger partial charge on any atom is -0.305 e. The molecule has 0 bridgehead atoms. The average Bonchev–Trinajstić information content (AvgIpc) is 2.66. The van der Waals surface area contributed by atoms with Gasteiger partial charge in [0.15, 0.2) is 5.82 Å². The molecule has 130 valence electrons. The van der Waals surface area contributed by atoms with E-state index in [4.69, 9.17) is 16.9 Å². The molecule has 0 saturated carbocycles. The number of benzene rings is 2. The SMILES string of the molecule is Cc1cc(CNC(C)c2ccc(C#N)cc2)nc(-c2ccc(Cl)cc2)n1. The number of hydrogen-bond donors (Lipinski definition) is 1. The second kappa shape index (κ2) is 8.09. The van der Waals surface area contributed by atoms with Crippen molar-refractivity contribution in [2.24, 2.45) is 0 Å². The molecule has 1 unspecified atom stereocenters. The summed E-state index contributed by atoms with van der Waals surface area (Å²) in [5.74, 6) is 0.699. The van der Waals surface area contributed by atoms with Crippen molar-refractivity contribution in [1.82, 2.24) is 15.3 Å². The maximum Gasteiger partial charge on any atom is 0.159 e. The summed E-state index contributed by atoms with van der Waals surface area (Å²) in [4.78, 5) is 9.19. The minimum atomic E-state index is 0.150. The van der Waals surface area contributed by atoms with Gasteiger partial charge in [-0.05, 0) is 61.9 Å². The van der Waals surface area contributed by atoms with E-state index in [2.05, 4.69) is 28.3 Å². The van der Waals surface area contributed by atoms with Gasteiger partial charge >= 0.3 is 0 Å². The molecule has 4 nitrogen and oxygen atoms in total. The first-order valence-corrected chi connectivity index (χ1v) is 8.77. The molecule has 0 saturated heterocycles. The van der Waals surface area contributed by atoms with Crippen LogP contribution in [-0.2, 0) is 6.54 Å². The van der Waals surface area contributed by atoms with E-state index in [0.717, 1.165) is 22.5 Å². The minimum absolute atomic E-state index is 0.150. The van der Waals surface area contributed by atoms with E-state index in [9.17, 15) is 0 Å². The van der Waals surface area contributed by atoms with Crippen molar-refractivity contribution in [2.45, 2.75) is 26.4 Å². The Morgan fingerprint density at radius 2 is 1.77 bits per heavy atom. The van der Waals surface area contributed by atoms with Crippen LogP contribution in [0.2, 0.25) is 5.02 Å². The second-order valence-electron chi connectivity index (χ2n) is 6.17. The summed E-state index contributed by atoms with van der Waals surface area (Å²) in [5, 5.41) is 13.1. The fraction of sp³-hybridized carbons (Fsp3) is 0.190. The maximum absolute atomic E-state index is 8.89. The van der Waals surface area contributed by atoms with Crippen LogP contribution in [0.4, 0.5) is 0 Å². The summed E-state index contributed by atoms with van der Waals surface area (Å²) in [6.07, 6.45) is 0. The van der Waals surface area contributed by atoms with Crippen molar-refractivity contribution in [3.63, 3.8) is 0 Å². The van der Waals surface area contributed by atoms with Gasteiger partial charge in [-0.15, -0.1) is 0 Å². The largest absolute Gasteiger partial charge is 0.305 e. The van der Waals surface area contributed by atoms with E-state index in [1.165, 1.54) is 0 Å². The molecule has 26 heavy (non-hydrogen) atoms. The van der Waals surface area contributed by atoms with Gasteiger partial charge in [-0.1, -0.05) is 23.7 Å². The zero-order valence-electron chi connectivity index (χ0n) is 14.7. The molecule has 1 heterocycles. The van der Waals surface area contributed by atoms with Gasteiger partial charge in [0.1, 0.15) is 0 Å². The summed E-state index contributed by atoms with van der Waals surface area (Å²) in [7, 11) is 0. The molecule has 1 N–H and O–H groups in total. The monoisotopic (exact) mass is 362 g/mol. The Kier molecular flexibility index (Phi) is 5.62. The van der Waals surface area contributed by atoms with Crippen LogP contribution in [0.15, 0.2) is 54.6 Å². The van der Waals surface area contributed by atoms with Gasteiger partial charge in [-0.2, -0.15) is 5.26 Å². The summed E-state index contributed by atoms with van der Waals surface area (Å²) in [5.41, 5.74) is 4.60. The van der Waals surface area contributed by atoms with Gasteiger partial charge in [-0.25, -0.2) is 9.97 Å². The number of nitriles is 1. The first-order valence-electron chi connectivity index (χ1n) is 8.39. The molecule has 0 radical (unpaired) electrons. The smallest absolute Gasteiger partial charge is 0.159 e. The fourth-order valence-electron chi connectivity index (χ4n) is 2.67. The molecule has 0 fully saturated rings. The lowest BCUT2D eigenvalue weighted by molar-refractivity contribution is 0.567. The Balaban J connectivity index is 1.73. The number of nitrogens with zero attached hydrogens (tertiary/aromatic N) is 3. The molecule has 0 aliphatic heterocycles. The third kappa shape index (κ3) is 4.45. The van der Waals surface area contributed by atoms with E-state index in [1.807, 2.05) is 61.5 Å². The predicted molar refractivity (Wildman–Crippen MR) is 104 cm³/mol. The zero-order chi connectivity index (χ0) is 18.5. The van der Waals surface area contributed by atoms with Gasteiger partial charge in [0, 0.05) is 28.9 Å². The topological polar surface area (TPSA) is 61.6 Å². The van der Waals surface area contributed by atoms with Crippen LogP contribution in [0, 0.1) is 18.3 Å². The van der Waals surface area contributed by atoms with Crippen molar-refractivity contribution in [1.29, 1.82) is 5.26 Å². The summed E-state index contributed by atoms with van der Waals surface area (Å²) >= 11 is 5.95. The molecule has 1 atom stereocenters. The van der Waals surface area contributed by atoms with E-state index in [0.29, 0.717) is 23.0 Å². The van der Waals surface area contributed by atoms with Gasteiger partial charge in [0.2, 0.25) is 0 Å². The Labute approximate surface area is 158 Å². The van der Waals surface area contributed by atoms with Gasteiger partial charge in [-0.3, -0.25) is 0 Å². The first-order chi connectivity index (χ1) is 12.5. The van der Waals surface area contributed by atoms with Gasteiger partial charge < -0.3 is 5.32 Å². The maximum atomic E-state index is 8.89. The molecule has 0 aliphatic rings. The molecular weight excluding hydrogens is 344 g/mol. The molecule has 3 rings (SSSR count). The first kappa shape index (κ1) is 18.1. The van der Waals surface area contributed by atoms with Crippen molar-refractivity contribution in [2.75, 3.05) is 0 Å². The molecule has 1 aromatic heterocycles. The van der Waals surface area contributed by atoms with Gasteiger partial charge in [0.05, 0.1) is 17.3 Å². The van der Waals surface area contributed by atoms with E-state index >= 15 is 0 Å². The van der Waals surface area contributed by atoms with Crippen LogP contribution in [0.5, 0.6) is 0 Å². The number of aromatic nitrogens is 2. The molecule has 2 aromatic carbocycles. The molecular formula is C21H19ClN4. The number of nitrogens with one attached hydrogen (secondary N) is 1. The lowest BCUT2D eigenvalue weighted by Crippen LogP contribution is -2.19.